The van der Waals surface area contributed by atoms with Gasteiger partial charge in [-0.05, 0) is 57.8 Å². The summed E-state index contributed by atoms with van der Waals surface area (Å²) in [6, 6.07) is -0.716. The lowest BCUT2D eigenvalue weighted by Crippen LogP contribution is -2.60. The van der Waals surface area contributed by atoms with Gasteiger partial charge in [0.2, 0.25) is 5.91 Å². The Morgan fingerprint density at radius 1 is 0.565 bits per heavy atom. The van der Waals surface area contributed by atoms with Crippen LogP contribution >= 0.6 is 0 Å². The maximum atomic E-state index is 12.9. The zero-order valence-corrected chi connectivity index (χ0v) is 39.6. The van der Waals surface area contributed by atoms with E-state index in [1.165, 1.54) is 116 Å². The molecule has 0 aliphatic carbocycles. The van der Waals surface area contributed by atoms with Gasteiger partial charge in [-0.25, -0.2) is 0 Å². The molecule has 6 N–H and O–H groups in total. The van der Waals surface area contributed by atoms with Crippen molar-refractivity contribution in [1.29, 1.82) is 0 Å². The van der Waals surface area contributed by atoms with E-state index in [1.54, 1.807) is 0 Å². The van der Waals surface area contributed by atoms with E-state index < -0.39 is 49.5 Å². The molecule has 0 aromatic rings. The van der Waals surface area contributed by atoms with Crippen molar-refractivity contribution in [2.75, 3.05) is 13.2 Å². The lowest BCUT2D eigenvalue weighted by Gasteiger charge is -2.40. The van der Waals surface area contributed by atoms with E-state index in [0.717, 1.165) is 70.6 Å². The van der Waals surface area contributed by atoms with E-state index in [9.17, 15) is 30.3 Å². The van der Waals surface area contributed by atoms with E-state index in [2.05, 4.69) is 79.9 Å². The number of aliphatic hydroxyl groups is 5. The molecule has 1 rings (SSSR count). The lowest BCUT2D eigenvalue weighted by atomic mass is 9.99. The number of unbranched alkanes of at least 4 members (excludes halogenated alkanes) is 22. The minimum atomic E-state index is -1.55. The second kappa shape index (κ2) is 42.8. The fourth-order valence-corrected chi connectivity index (χ4v) is 7.83. The molecular weight excluding hydrogens is 779 g/mol. The fourth-order valence-electron chi connectivity index (χ4n) is 7.83. The van der Waals surface area contributed by atoms with Crippen LogP contribution < -0.4 is 5.32 Å². The summed E-state index contributed by atoms with van der Waals surface area (Å²) in [5.41, 5.74) is 0. The molecule has 9 nitrogen and oxygen atoms in total. The first kappa shape index (κ1) is 57.9. The fraction of sp³-hybridized carbons (Fsp3) is 0.792. The van der Waals surface area contributed by atoms with Crippen LogP contribution in [0.3, 0.4) is 0 Å². The van der Waals surface area contributed by atoms with E-state index in [-0.39, 0.29) is 12.5 Å². The first-order valence-corrected chi connectivity index (χ1v) is 25.5. The van der Waals surface area contributed by atoms with E-state index in [1.807, 2.05) is 0 Å². The third-order valence-electron chi connectivity index (χ3n) is 11.9. The molecule has 1 amide bonds. The van der Waals surface area contributed by atoms with Crippen molar-refractivity contribution in [2.24, 2.45) is 0 Å². The predicted octanol–water partition coefficient (Wildman–Crippen LogP) is 11.6. The number of hydrogen-bond acceptors (Lipinski definition) is 8. The molecule has 0 aromatic heterocycles. The zero-order valence-electron chi connectivity index (χ0n) is 39.6. The minimum absolute atomic E-state index is 0.140. The highest BCUT2D eigenvalue weighted by molar-refractivity contribution is 5.76. The van der Waals surface area contributed by atoms with Crippen LogP contribution in [0.25, 0.3) is 0 Å². The van der Waals surface area contributed by atoms with Crippen molar-refractivity contribution in [2.45, 2.75) is 256 Å². The molecule has 1 heterocycles. The zero-order chi connectivity index (χ0) is 45.1. The Balaban J connectivity index is 2.04. The van der Waals surface area contributed by atoms with Crippen molar-refractivity contribution in [3.05, 3.63) is 60.8 Å². The molecule has 62 heavy (non-hydrogen) atoms. The van der Waals surface area contributed by atoms with E-state index >= 15 is 0 Å². The number of carbonyl (C=O) groups excluding carboxylic acids is 1. The molecule has 9 heteroatoms. The Hall–Kier alpha value is -2.11. The van der Waals surface area contributed by atoms with Crippen molar-refractivity contribution in [1.82, 2.24) is 5.32 Å². The number of ether oxygens (including phenoxy) is 2. The molecule has 7 unspecified atom stereocenters. The Kier molecular flexibility index (Phi) is 40.0. The Morgan fingerprint density at radius 2 is 1.00 bits per heavy atom. The topological polar surface area (TPSA) is 149 Å². The molecule has 7 atom stereocenters. The van der Waals surface area contributed by atoms with Gasteiger partial charge in [0.25, 0.3) is 0 Å². The van der Waals surface area contributed by atoms with Crippen molar-refractivity contribution in [3.63, 3.8) is 0 Å². The number of carbonyl (C=O) groups is 1. The van der Waals surface area contributed by atoms with Gasteiger partial charge in [0.1, 0.15) is 24.4 Å². The second-order valence-electron chi connectivity index (χ2n) is 17.6. The predicted molar refractivity (Wildman–Crippen MR) is 258 cm³/mol. The first-order chi connectivity index (χ1) is 30.3. The van der Waals surface area contributed by atoms with Crippen LogP contribution in [0.2, 0.25) is 0 Å². The summed E-state index contributed by atoms with van der Waals surface area (Å²) < 4.78 is 11.2. The van der Waals surface area contributed by atoms with E-state index in [4.69, 9.17) is 9.47 Å². The summed E-state index contributed by atoms with van der Waals surface area (Å²) >= 11 is 0. The first-order valence-electron chi connectivity index (χ1n) is 25.5. The van der Waals surface area contributed by atoms with Gasteiger partial charge in [-0.1, -0.05) is 209 Å². The lowest BCUT2D eigenvalue weighted by molar-refractivity contribution is -0.302. The normalized spacial score (nSPS) is 20.8. The second-order valence-corrected chi connectivity index (χ2v) is 17.6. The largest absolute Gasteiger partial charge is 0.394 e. The quantitative estimate of drug-likeness (QED) is 0.0262. The van der Waals surface area contributed by atoms with Crippen LogP contribution in [0.4, 0.5) is 0 Å². The number of rotatable bonds is 42. The molecule has 1 aliphatic heterocycles. The van der Waals surface area contributed by atoms with Gasteiger partial charge in [0.05, 0.1) is 25.4 Å². The molecule has 0 aromatic carbocycles. The summed E-state index contributed by atoms with van der Waals surface area (Å²) in [6.45, 7) is 3.65. The number of allylic oxidation sites excluding steroid dienone is 10. The molecule has 0 saturated carbocycles. The van der Waals surface area contributed by atoms with Crippen molar-refractivity contribution in [3.8, 4) is 0 Å². The Morgan fingerprint density at radius 3 is 1.48 bits per heavy atom. The minimum Gasteiger partial charge on any atom is -0.394 e. The van der Waals surface area contributed by atoms with Gasteiger partial charge in [-0.15, -0.1) is 0 Å². The summed E-state index contributed by atoms with van der Waals surface area (Å²) in [5, 5.41) is 54.0. The summed E-state index contributed by atoms with van der Waals surface area (Å²) in [7, 11) is 0. The molecular formula is C53H95NO8. The summed E-state index contributed by atoms with van der Waals surface area (Å²) in [5.74, 6) is -0.151. The molecule has 1 fully saturated rings. The number of amides is 1. The SMILES string of the molecule is CC/C=C\C/C=C\C/C=C\C/C=C\C/C=C\CCCCCCCCCCCCCCCCCCCC(=O)NC(COC1OC(CO)C(O)C(O)C1O)C(O)CCCCCCCC. The van der Waals surface area contributed by atoms with Crippen LogP contribution in [0.1, 0.15) is 213 Å². The highest BCUT2D eigenvalue weighted by Gasteiger charge is 2.44. The standard InChI is InChI=1S/C53H95NO8/c1-3-5-7-9-11-12-13-14-15-16-17-18-19-20-21-22-23-24-25-26-27-28-29-30-31-32-33-34-35-36-37-39-41-43-49(57)54-46(47(56)42-40-38-10-8-6-4-2)45-61-53-52(60)51(59)50(58)48(44-55)62-53/h5,7,11-12,14-15,17-18,20-21,46-48,50-53,55-56,58-60H,3-4,6,8-10,13,16,19,22-45H2,1-2H3,(H,54,57)/b7-5-,12-11-,15-14-,18-17-,21-20-. The van der Waals surface area contributed by atoms with Gasteiger partial charge in [-0.2, -0.15) is 0 Å². The summed E-state index contributed by atoms with van der Waals surface area (Å²) in [6.07, 6.45) is 50.1. The maximum absolute atomic E-state index is 12.9. The monoisotopic (exact) mass is 874 g/mol. The maximum Gasteiger partial charge on any atom is 0.220 e. The molecule has 1 aliphatic rings. The smallest absolute Gasteiger partial charge is 0.220 e. The Bertz CT molecular complexity index is 1150. The average molecular weight is 874 g/mol. The van der Waals surface area contributed by atoms with Gasteiger partial charge in [0.15, 0.2) is 6.29 Å². The van der Waals surface area contributed by atoms with Crippen molar-refractivity contribution < 1.29 is 39.8 Å². The van der Waals surface area contributed by atoms with Crippen LogP contribution in [0, 0.1) is 0 Å². The van der Waals surface area contributed by atoms with Crippen LogP contribution in [-0.2, 0) is 14.3 Å². The highest BCUT2D eigenvalue weighted by Crippen LogP contribution is 2.23. The van der Waals surface area contributed by atoms with Gasteiger partial charge < -0.3 is 40.3 Å². The number of hydrogen-bond donors (Lipinski definition) is 6. The van der Waals surface area contributed by atoms with Gasteiger partial charge in [-0.3, -0.25) is 4.79 Å². The van der Waals surface area contributed by atoms with Crippen molar-refractivity contribution >= 4 is 5.91 Å². The van der Waals surface area contributed by atoms with Crippen LogP contribution in [-0.4, -0.2) is 87.5 Å². The molecule has 360 valence electrons. The average Bonchev–Trinajstić information content (AvgIpc) is 3.27. The van der Waals surface area contributed by atoms with Crippen LogP contribution in [0.15, 0.2) is 60.8 Å². The van der Waals surface area contributed by atoms with E-state index in [0.29, 0.717) is 12.8 Å². The third-order valence-corrected chi connectivity index (χ3v) is 11.9. The molecule has 1 saturated heterocycles. The molecule has 0 spiro atoms. The van der Waals surface area contributed by atoms with Crippen LogP contribution in [0.5, 0.6) is 0 Å². The Labute approximate surface area is 379 Å². The van der Waals surface area contributed by atoms with Gasteiger partial charge in [0, 0.05) is 6.42 Å². The molecule has 0 radical (unpaired) electrons. The number of aliphatic hydroxyl groups excluding tert-OH is 5. The third kappa shape index (κ3) is 32.5. The summed E-state index contributed by atoms with van der Waals surface area (Å²) in [4.78, 5) is 12.9. The van der Waals surface area contributed by atoms with Gasteiger partial charge >= 0.3 is 0 Å². The molecule has 0 bridgehead atoms. The highest BCUT2D eigenvalue weighted by atomic mass is 16.7. The number of nitrogens with one attached hydrogen (secondary N) is 1.